The summed E-state index contributed by atoms with van der Waals surface area (Å²) >= 11 is 0. The first-order valence-electron chi connectivity index (χ1n) is 6.99. The number of hydrogen-bond acceptors (Lipinski definition) is 8. The fourth-order valence-electron chi connectivity index (χ4n) is 2.53. The van der Waals surface area contributed by atoms with E-state index >= 15 is 0 Å². The van der Waals surface area contributed by atoms with E-state index in [4.69, 9.17) is 9.57 Å². The molecule has 0 N–H and O–H groups in total. The Bertz CT molecular complexity index is 707. The van der Waals surface area contributed by atoms with Gasteiger partial charge in [0.05, 0.1) is 19.7 Å². The van der Waals surface area contributed by atoms with Gasteiger partial charge in [0, 0.05) is 6.54 Å². The number of para-hydroxylation sites is 1. The maximum absolute atomic E-state index is 11.8. The van der Waals surface area contributed by atoms with Gasteiger partial charge in [0.2, 0.25) is 0 Å². The van der Waals surface area contributed by atoms with Crippen molar-refractivity contribution in [3.63, 3.8) is 0 Å². The van der Waals surface area contributed by atoms with Crippen LogP contribution in [0.15, 0.2) is 24.3 Å². The van der Waals surface area contributed by atoms with E-state index < -0.39 is 24.0 Å². The number of hydrogen-bond donors (Lipinski definition) is 0. The smallest absolute Gasteiger partial charge is 0.338 e. The zero-order valence-electron chi connectivity index (χ0n) is 12.7. The van der Waals surface area contributed by atoms with Crippen LogP contribution < -0.4 is 0 Å². The highest BCUT2D eigenvalue weighted by Gasteiger charge is 2.45. The number of hydroxylamine groups is 2. The molecule has 2 atom stereocenters. The van der Waals surface area contributed by atoms with Gasteiger partial charge in [-0.05, 0) is 12.1 Å². The van der Waals surface area contributed by atoms with Gasteiger partial charge in [-0.1, -0.05) is 17.3 Å². The average Bonchev–Trinajstić information content (AvgIpc) is 3.18. The molecule has 3 rings (SSSR count). The molecule has 2 heterocycles. The molecule has 1 aliphatic heterocycles. The highest BCUT2D eigenvalue weighted by Crippen LogP contribution is 2.24. The fraction of sp³-hybridized carbons (Fsp3) is 0.429. The lowest BCUT2D eigenvalue weighted by atomic mass is 10.0. The number of carbonyl (C=O) groups is 2. The first-order valence-corrected chi connectivity index (χ1v) is 6.99. The molecule has 0 radical (unpaired) electrons. The van der Waals surface area contributed by atoms with Crippen LogP contribution in [0.1, 0.15) is 0 Å². The lowest BCUT2D eigenvalue weighted by Gasteiger charge is -2.15. The Kier molecular flexibility index (Phi) is 4.22. The monoisotopic (exact) mass is 320 g/mol. The van der Waals surface area contributed by atoms with Gasteiger partial charge in [-0.2, -0.15) is 5.06 Å². The highest BCUT2D eigenvalue weighted by molar-refractivity contribution is 5.84. The van der Waals surface area contributed by atoms with Gasteiger partial charge in [0.15, 0.2) is 6.10 Å². The minimum absolute atomic E-state index is 0.195. The molecule has 9 nitrogen and oxygen atoms in total. The molecular formula is C14H16N4O5. The van der Waals surface area contributed by atoms with E-state index in [1.165, 1.54) is 19.3 Å². The van der Waals surface area contributed by atoms with Crippen molar-refractivity contribution in [3.8, 4) is 0 Å². The van der Waals surface area contributed by atoms with Gasteiger partial charge in [-0.15, -0.1) is 5.10 Å². The van der Waals surface area contributed by atoms with E-state index in [-0.39, 0.29) is 13.2 Å². The van der Waals surface area contributed by atoms with Crippen molar-refractivity contribution >= 4 is 23.0 Å². The third kappa shape index (κ3) is 2.88. The standard InChI is InChI=1S/C14H16N4O5/c1-21-13(19)9-7-17(23-12(9)14(20)22-2)8-18-11-6-4-3-5-10(11)15-16-18/h3-6,9,12H,7-8H2,1-2H3. The minimum Gasteiger partial charge on any atom is -0.469 e. The van der Waals surface area contributed by atoms with Crippen LogP contribution in [0, 0.1) is 5.92 Å². The second kappa shape index (κ2) is 6.31. The second-order valence-corrected chi connectivity index (χ2v) is 5.06. The summed E-state index contributed by atoms with van der Waals surface area (Å²) in [4.78, 5) is 29.2. The van der Waals surface area contributed by atoms with E-state index in [9.17, 15) is 9.59 Å². The summed E-state index contributed by atoms with van der Waals surface area (Å²) in [6, 6.07) is 7.47. The maximum Gasteiger partial charge on any atom is 0.338 e. The maximum atomic E-state index is 11.8. The van der Waals surface area contributed by atoms with Crippen LogP contribution in [0.4, 0.5) is 0 Å². The molecule has 1 aromatic heterocycles. The molecule has 2 aromatic rings. The number of aromatic nitrogens is 3. The lowest BCUT2D eigenvalue weighted by molar-refractivity contribution is -0.192. The number of methoxy groups -OCH3 is 2. The topological polar surface area (TPSA) is 95.8 Å². The lowest BCUT2D eigenvalue weighted by Crippen LogP contribution is -2.34. The summed E-state index contributed by atoms with van der Waals surface area (Å²) in [6.07, 6.45) is -1.03. The average molecular weight is 320 g/mol. The van der Waals surface area contributed by atoms with Gasteiger partial charge in [-0.3, -0.25) is 9.63 Å². The number of benzene rings is 1. The van der Waals surface area contributed by atoms with E-state index in [0.717, 1.165) is 11.0 Å². The predicted molar refractivity (Wildman–Crippen MR) is 76.6 cm³/mol. The number of fused-ring (bicyclic) bond motifs is 1. The molecule has 2 unspecified atom stereocenters. The molecule has 0 amide bonds. The van der Waals surface area contributed by atoms with Crippen LogP contribution in [-0.4, -0.2) is 58.9 Å². The molecular weight excluding hydrogens is 304 g/mol. The summed E-state index contributed by atoms with van der Waals surface area (Å²) in [5.41, 5.74) is 1.58. The second-order valence-electron chi connectivity index (χ2n) is 5.06. The minimum atomic E-state index is -1.03. The third-order valence-electron chi connectivity index (χ3n) is 3.68. The molecule has 1 aromatic carbocycles. The Balaban J connectivity index is 1.79. The zero-order valence-corrected chi connectivity index (χ0v) is 12.7. The molecule has 0 saturated carbocycles. The van der Waals surface area contributed by atoms with Crippen molar-refractivity contribution in [2.75, 3.05) is 20.8 Å². The first-order chi connectivity index (χ1) is 11.1. The van der Waals surface area contributed by atoms with Crippen LogP contribution in [0.25, 0.3) is 11.0 Å². The molecule has 0 spiro atoms. The fourth-order valence-corrected chi connectivity index (χ4v) is 2.53. The van der Waals surface area contributed by atoms with Crippen LogP contribution in [0.2, 0.25) is 0 Å². The molecule has 0 bridgehead atoms. The van der Waals surface area contributed by atoms with Crippen LogP contribution in [0.3, 0.4) is 0 Å². The Morgan fingerprint density at radius 1 is 1.26 bits per heavy atom. The number of nitrogens with zero attached hydrogens (tertiary/aromatic N) is 4. The Morgan fingerprint density at radius 2 is 2.00 bits per heavy atom. The summed E-state index contributed by atoms with van der Waals surface area (Å²) in [5.74, 6) is -1.89. The Morgan fingerprint density at radius 3 is 2.74 bits per heavy atom. The van der Waals surface area contributed by atoms with Crippen molar-refractivity contribution in [3.05, 3.63) is 24.3 Å². The highest BCUT2D eigenvalue weighted by atomic mass is 16.7. The number of esters is 2. The number of rotatable bonds is 4. The summed E-state index contributed by atoms with van der Waals surface area (Å²) in [5, 5.41) is 9.58. The Hall–Kier alpha value is -2.52. The van der Waals surface area contributed by atoms with Gasteiger partial charge < -0.3 is 9.47 Å². The molecule has 9 heteroatoms. The van der Waals surface area contributed by atoms with E-state index in [0.29, 0.717) is 0 Å². The largest absolute Gasteiger partial charge is 0.469 e. The van der Waals surface area contributed by atoms with Gasteiger partial charge in [0.25, 0.3) is 0 Å². The SMILES string of the molecule is COC(=O)C1CN(Cn2nnc3ccccc32)OC1C(=O)OC. The molecule has 1 fully saturated rings. The van der Waals surface area contributed by atoms with Crippen LogP contribution in [-0.2, 0) is 30.6 Å². The van der Waals surface area contributed by atoms with E-state index in [1.807, 2.05) is 24.3 Å². The summed E-state index contributed by atoms with van der Waals surface area (Å²) in [6.45, 7) is 0.419. The molecule has 1 aliphatic rings. The summed E-state index contributed by atoms with van der Waals surface area (Å²) in [7, 11) is 2.51. The van der Waals surface area contributed by atoms with Crippen LogP contribution in [0.5, 0.6) is 0 Å². The van der Waals surface area contributed by atoms with Crippen molar-refractivity contribution in [1.82, 2.24) is 20.1 Å². The van der Waals surface area contributed by atoms with Gasteiger partial charge >= 0.3 is 11.9 Å². The predicted octanol–water partition coefficient (Wildman–Crippen LogP) is -0.0332. The summed E-state index contributed by atoms with van der Waals surface area (Å²) < 4.78 is 11.0. The molecule has 122 valence electrons. The molecule has 1 saturated heterocycles. The quantitative estimate of drug-likeness (QED) is 0.725. The van der Waals surface area contributed by atoms with Crippen LogP contribution >= 0.6 is 0 Å². The Labute approximate surface area is 131 Å². The number of carbonyl (C=O) groups excluding carboxylic acids is 2. The normalized spacial score (nSPS) is 21.5. The van der Waals surface area contributed by atoms with Gasteiger partial charge in [0.1, 0.15) is 18.1 Å². The van der Waals surface area contributed by atoms with Crippen molar-refractivity contribution in [2.45, 2.75) is 12.8 Å². The van der Waals surface area contributed by atoms with Crippen molar-refractivity contribution in [1.29, 1.82) is 0 Å². The van der Waals surface area contributed by atoms with Gasteiger partial charge in [-0.25, -0.2) is 9.48 Å². The first kappa shape index (κ1) is 15.4. The number of ether oxygens (including phenoxy) is 2. The van der Waals surface area contributed by atoms with E-state index in [2.05, 4.69) is 15.0 Å². The van der Waals surface area contributed by atoms with Crippen molar-refractivity contribution < 1.29 is 23.9 Å². The molecule has 23 heavy (non-hydrogen) atoms. The third-order valence-corrected chi connectivity index (χ3v) is 3.68. The zero-order chi connectivity index (χ0) is 16.4. The van der Waals surface area contributed by atoms with Crippen molar-refractivity contribution in [2.24, 2.45) is 5.92 Å². The van der Waals surface area contributed by atoms with E-state index in [1.54, 1.807) is 4.68 Å². The molecule has 0 aliphatic carbocycles.